The Balaban J connectivity index is 1.64. The molecule has 24 heavy (non-hydrogen) atoms. The summed E-state index contributed by atoms with van der Waals surface area (Å²) in [7, 11) is -3.33. The third-order valence-electron chi connectivity index (χ3n) is 4.28. The molecule has 0 amide bonds. The Morgan fingerprint density at radius 1 is 1.00 bits per heavy atom. The zero-order chi connectivity index (χ0) is 17.2. The van der Waals surface area contributed by atoms with E-state index >= 15 is 0 Å². The van der Waals surface area contributed by atoms with Crippen LogP contribution in [-0.4, -0.2) is 38.9 Å². The Morgan fingerprint density at radius 3 is 2.29 bits per heavy atom. The average Bonchev–Trinajstić information content (AvgIpc) is 2.57. The molecule has 0 N–H and O–H groups in total. The van der Waals surface area contributed by atoms with Crippen molar-refractivity contribution in [3.8, 4) is 0 Å². The minimum atomic E-state index is -3.33. The molecule has 128 valence electrons. The van der Waals surface area contributed by atoms with Crippen LogP contribution in [0.25, 0.3) is 0 Å². The fraction of sp³-hybridized carbons (Fsp3) is 0.333. The number of nitrogens with zero attached hydrogens (tertiary/aromatic N) is 2. The van der Waals surface area contributed by atoms with Crippen LogP contribution in [0.15, 0.2) is 48.5 Å². The molecule has 0 aromatic heterocycles. The number of sulfonamides is 1. The van der Waals surface area contributed by atoms with Crippen molar-refractivity contribution in [3.05, 3.63) is 65.5 Å². The molecule has 1 aliphatic heterocycles. The fourth-order valence-corrected chi connectivity index (χ4v) is 4.40. The van der Waals surface area contributed by atoms with Crippen LogP contribution in [0.1, 0.15) is 11.1 Å². The first kappa shape index (κ1) is 16.9. The van der Waals surface area contributed by atoms with Gasteiger partial charge in [0.1, 0.15) is 5.82 Å². The lowest BCUT2D eigenvalue weighted by molar-refractivity contribution is 0.384. The molecule has 0 aliphatic carbocycles. The highest BCUT2D eigenvalue weighted by molar-refractivity contribution is 7.88. The highest BCUT2D eigenvalue weighted by atomic mass is 32.2. The van der Waals surface area contributed by atoms with Gasteiger partial charge in [-0.3, -0.25) is 0 Å². The molecule has 6 heteroatoms. The molecule has 0 bridgehead atoms. The van der Waals surface area contributed by atoms with E-state index in [4.69, 9.17) is 0 Å². The SMILES string of the molecule is Cc1ccc(CS(=O)(=O)N2CCN(c3cccc(F)c3)CC2)cc1. The zero-order valence-corrected chi connectivity index (χ0v) is 14.5. The number of halogens is 1. The molecule has 0 radical (unpaired) electrons. The van der Waals surface area contributed by atoms with Gasteiger partial charge in [0.25, 0.3) is 0 Å². The quantitative estimate of drug-likeness (QED) is 0.853. The maximum atomic E-state index is 13.3. The first-order valence-electron chi connectivity index (χ1n) is 7.98. The van der Waals surface area contributed by atoms with E-state index in [1.54, 1.807) is 6.07 Å². The second kappa shape index (κ2) is 6.91. The van der Waals surface area contributed by atoms with Crippen molar-refractivity contribution < 1.29 is 12.8 Å². The molecule has 0 spiro atoms. The number of hydrogen-bond donors (Lipinski definition) is 0. The molecule has 1 saturated heterocycles. The van der Waals surface area contributed by atoms with Crippen LogP contribution in [0.2, 0.25) is 0 Å². The van der Waals surface area contributed by atoms with Gasteiger partial charge in [0.05, 0.1) is 5.75 Å². The second-order valence-electron chi connectivity index (χ2n) is 6.11. The fourth-order valence-electron chi connectivity index (χ4n) is 2.88. The molecular formula is C18H21FN2O2S. The lowest BCUT2D eigenvalue weighted by Gasteiger charge is -2.35. The molecule has 1 fully saturated rings. The van der Waals surface area contributed by atoms with Crippen molar-refractivity contribution in [1.82, 2.24) is 4.31 Å². The number of anilines is 1. The summed E-state index contributed by atoms with van der Waals surface area (Å²) in [4.78, 5) is 2.01. The van der Waals surface area contributed by atoms with Crippen molar-refractivity contribution in [3.63, 3.8) is 0 Å². The van der Waals surface area contributed by atoms with Gasteiger partial charge in [-0.25, -0.2) is 12.8 Å². The van der Waals surface area contributed by atoms with E-state index < -0.39 is 10.0 Å². The molecule has 4 nitrogen and oxygen atoms in total. The van der Waals surface area contributed by atoms with Crippen molar-refractivity contribution in [2.24, 2.45) is 0 Å². The van der Waals surface area contributed by atoms with E-state index in [9.17, 15) is 12.8 Å². The lowest BCUT2D eigenvalue weighted by Crippen LogP contribution is -2.49. The van der Waals surface area contributed by atoms with Gasteiger partial charge in [-0.1, -0.05) is 35.9 Å². The molecule has 1 aliphatic rings. The van der Waals surface area contributed by atoms with Gasteiger partial charge in [0.2, 0.25) is 10.0 Å². The first-order valence-corrected chi connectivity index (χ1v) is 9.59. The van der Waals surface area contributed by atoms with E-state index in [0.717, 1.165) is 16.8 Å². The standard InChI is InChI=1S/C18H21FN2O2S/c1-15-5-7-16(8-6-15)14-24(22,23)21-11-9-20(10-12-21)18-4-2-3-17(19)13-18/h2-8,13H,9-12,14H2,1H3. The summed E-state index contributed by atoms with van der Waals surface area (Å²) in [6.45, 7) is 3.95. The Labute approximate surface area is 142 Å². The molecule has 0 atom stereocenters. The predicted octanol–water partition coefficient (Wildman–Crippen LogP) is 2.79. The maximum absolute atomic E-state index is 13.3. The number of rotatable bonds is 4. The van der Waals surface area contributed by atoms with Gasteiger partial charge in [0, 0.05) is 31.9 Å². The largest absolute Gasteiger partial charge is 0.369 e. The highest BCUT2D eigenvalue weighted by Crippen LogP contribution is 2.20. The summed E-state index contributed by atoms with van der Waals surface area (Å²) in [5.41, 5.74) is 2.71. The summed E-state index contributed by atoms with van der Waals surface area (Å²) >= 11 is 0. The van der Waals surface area contributed by atoms with Crippen molar-refractivity contribution in [2.45, 2.75) is 12.7 Å². The number of benzene rings is 2. The van der Waals surface area contributed by atoms with Gasteiger partial charge < -0.3 is 4.90 Å². The van der Waals surface area contributed by atoms with E-state index in [-0.39, 0.29) is 11.6 Å². The summed E-state index contributed by atoms with van der Waals surface area (Å²) < 4.78 is 40.0. The minimum absolute atomic E-state index is 0.0211. The molecule has 2 aromatic carbocycles. The number of hydrogen-bond acceptors (Lipinski definition) is 3. The molecule has 3 rings (SSSR count). The van der Waals surface area contributed by atoms with Crippen molar-refractivity contribution in [1.29, 1.82) is 0 Å². The summed E-state index contributed by atoms with van der Waals surface area (Å²) in [6, 6.07) is 14.0. The first-order chi connectivity index (χ1) is 11.4. The Kier molecular flexibility index (Phi) is 4.87. The minimum Gasteiger partial charge on any atom is -0.369 e. The molecule has 2 aromatic rings. The van der Waals surface area contributed by atoms with Gasteiger partial charge in [-0.05, 0) is 30.7 Å². The van der Waals surface area contributed by atoms with Crippen molar-refractivity contribution >= 4 is 15.7 Å². The lowest BCUT2D eigenvalue weighted by atomic mass is 10.2. The van der Waals surface area contributed by atoms with E-state index in [1.807, 2.05) is 42.2 Å². The number of aryl methyl sites for hydroxylation is 1. The van der Waals surface area contributed by atoms with Crippen LogP contribution < -0.4 is 4.90 Å². The Morgan fingerprint density at radius 2 is 1.67 bits per heavy atom. The van der Waals surface area contributed by atoms with Crippen LogP contribution in [0.4, 0.5) is 10.1 Å². The number of piperazine rings is 1. The van der Waals surface area contributed by atoms with Crippen LogP contribution in [0.5, 0.6) is 0 Å². The monoisotopic (exact) mass is 348 g/mol. The van der Waals surface area contributed by atoms with E-state index in [0.29, 0.717) is 26.2 Å². The average molecular weight is 348 g/mol. The zero-order valence-electron chi connectivity index (χ0n) is 13.7. The van der Waals surface area contributed by atoms with Gasteiger partial charge in [-0.15, -0.1) is 0 Å². The predicted molar refractivity (Wildman–Crippen MR) is 94.0 cm³/mol. The topological polar surface area (TPSA) is 40.6 Å². The van der Waals surface area contributed by atoms with Crippen molar-refractivity contribution in [2.75, 3.05) is 31.1 Å². The van der Waals surface area contributed by atoms with E-state index in [1.165, 1.54) is 16.4 Å². The maximum Gasteiger partial charge on any atom is 0.218 e. The second-order valence-corrected chi connectivity index (χ2v) is 8.08. The van der Waals surface area contributed by atoms with Crippen LogP contribution >= 0.6 is 0 Å². The van der Waals surface area contributed by atoms with Gasteiger partial charge in [0.15, 0.2) is 0 Å². The Bertz CT molecular complexity index is 798. The summed E-state index contributed by atoms with van der Waals surface area (Å²) in [6.07, 6.45) is 0. The summed E-state index contributed by atoms with van der Waals surface area (Å²) in [5.74, 6) is -0.255. The highest BCUT2D eigenvalue weighted by Gasteiger charge is 2.27. The molecular weight excluding hydrogens is 327 g/mol. The summed E-state index contributed by atoms with van der Waals surface area (Å²) in [5, 5.41) is 0. The molecule has 1 heterocycles. The smallest absolute Gasteiger partial charge is 0.218 e. The van der Waals surface area contributed by atoms with Crippen LogP contribution in [0.3, 0.4) is 0 Å². The van der Waals surface area contributed by atoms with Crippen LogP contribution in [0, 0.1) is 12.7 Å². The Hall–Kier alpha value is -1.92. The van der Waals surface area contributed by atoms with Gasteiger partial charge >= 0.3 is 0 Å². The normalized spacial score (nSPS) is 16.3. The third-order valence-corrected chi connectivity index (χ3v) is 6.13. The van der Waals surface area contributed by atoms with Crippen LogP contribution in [-0.2, 0) is 15.8 Å². The van der Waals surface area contributed by atoms with E-state index in [2.05, 4.69) is 0 Å². The third kappa shape index (κ3) is 3.94. The molecule has 0 unspecified atom stereocenters. The molecule has 0 saturated carbocycles. The van der Waals surface area contributed by atoms with Gasteiger partial charge in [-0.2, -0.15) is 4.31 Å².